The number of amides is 1. The summed E-state index contributed by atoms with van der Waals surface area (Å²) in [5, 5.41) is 6.11. The lowest BCUT2D eigenvalue weighted by Gasteiger charge is -2.15. The number of hydrogen-bond acceptors (Lipinski definition) is 3. The molecule has 0 aromatic heterocycles. The third-order valence-corrected chi connectivity index (χ3v) is 3.23. The van der Waals surface area contributed by atoms with Gasteiger partial charge in [-0.2, -0.15) is 0 Å². The summed E-state index contributed by atoms with van der Waals surface area (Å²) in [4.78, 5) is 22.8. The number of piperidine rings is 1. The Labute approximate surface area is 112 Å². The zero-order valence-electron chi connectivity index (χ0n) is 10.8. The molecule has 1 amide bonds. The topological polar surface area (TPSA) is 58.2 Å². The third kappa shape index (κ3) is 3.76. The van der Waals surface area contributed by atoms with Crippen LogP contribution in [0.5, 0.6) is 0 Å². The van der Waals surface area contributed by atoms with Crippen molar-refractivity contribution in [3.63, 3.8) is 0 Å². The van der Waals surface area contributed by atoms with Crippen LogP contribution in [0, 0.1) is 0 Å². The lowest BCUT2D eigenvalue weighted by atomic mass is 10.1. The number of aldehydes is 1. The summed E-state index contributed by atoms with van der Waals surface area (Å²) >= 11 is 0. The molecule has 100 valence electrons. The highest BCUT2D eigenvalue weighted by Crippen LogP contribution is 2.09. The quantitative estimate of drug-likeness (QED) is 0.636. The molecular weight excluding hydrogens is 240 g/mol. The molecule has 1 fully saturated rings. The lowest BCUT2D eigenvalue weighted by molar-refractivity contribution is 0.0952. The second-order valence-electron chi connectivity index (χ2n) is 4.53. The number of nitrogens with one attached hydrogen (secondary N) is 2. The fraction of sp³-hybridized carbons (Fsp3) is 0.333. The minimum Gasteiger partial charge on any atom is -0.349 e. The third-order valence-electron chi connectivity index (χ3n) is 3.23. The van der Waals surface area contributed by atoms with Gasteiger partial charge in [0.25, 0.3) is 5.91 Å². The molecule has 0 radical (unpaired) electrons. The van der Waals surface area contributed by atoms with E-state index in [1.165, 1.54) is 5.57 Å². The Hall–Kier alpha value is -1.94. The Bertz CT molecular complexity index is 487. The molecule has 1 aliphatic heterocycles. The molecule has 0 saturated carbocycles. The predicted octanol–water partition coefficient (Wildman–Crippen LogP) is 1.54. The largest absolute Gasteiger partial charge is 0.349 e. The second kappa shape index (κ2) is 6.85. The van der Waals surface area contributed by atoms with Crippen LogP contribution >= 0.6 is 0 Å². The molecule has 1 aliphatic rings. The van der Waals surface area contributed by atoms with Gasteiger partial charge in [-0.25, -0.2) is 0 Å². The molecule has 19 heavy (non-hydrogen) atoms. The van der Waals surface area contributed by atoms with Crippen molar-refractivity contribution in [1.29, 1.82) is 0 Å². The molecule has 4 nitrogen and oxygen atoms in total. The van der Waals surface area contributed by atoms with Gasteiger partial charge < -0.3 is 10.6 Å². The molecule has 0 spiro atoms. The first-order valence-corrected chi connectivity index (χ1v) is 6.52. The molecule has 1 aromatic carbocycles. The van der Waals surface area contributed by atoms with Gasteiger partial charge in [0.1, 0.15) is 0 Å². The lowest BCUT2D eigenvalue weighted by Crippen LogP contribution is -2.26. The number of rotatable bonds is 4. The first kappa shape index (κ1) is 13.5. The summed E-state index contributed by atoms with van der Waals surface area (Å²) in [6, 6.07) is 6.81. The minimum absolute atomic E-state index is 0.200. The Balaban J connectivity index is 1.92. The molecule has 1 saturated heterocycles. The van der Waals surface area contributed by atoms with Crippen molar-refractivity contribution in [1.82, 2.24) is 10.6 Å². The standard InChI is InChI=1S/C15H18N2O2/c18-11-13-3-1-2-4-14(13)15(19)17-10-7-12-5-8-16-9-6-12/h1-4,7,11,16H,5-6,8-10H2,(H,17,19). The van der Waals surface area contributed by atoms with E-state index in [1.807, 2.05) is 0 Å². The maximum Gasteiger partial charge on any atom is 0.252 e. The van der Waals surface area contributed by atoms with Crippen LogP contribution in [0.4, 0.5) is 0 Å². The van der Waals surface area contributed by atoms with E-state index in [9.17, 15) is 9.59 Å². The molecule has 2 rings (SSSR count). The van der Waals surface area contributed by atoms with Crippen molar-refractivity contribution in [2.45, 2.75) is 12.8 Å². The molecule has 1 aromatic rings. The van der Waals surface area contributed by atoms with Crippen LogP contribution in [0.2, 0.25) is 0 Å². The zero-order valence-corrected chi connectivity index (χ0v) is 10.8. The zero-order chi connectivity index (χ0) is 13.5. The molecule has 0 bridgehead atoms. The second-order valence-corrected chi connectivity index (χ2v) is 4.53. The SMILES string of the molecule is O=Cc1ccccc1C(=O)NCC=C1CCNCC1. The maximum absolute atomic E-state index is 12.0. The average Bonchev–Trinajstić information content (AvgIpc) is 2.48. The molecule has 0 atom stereocenters. The Kier molecular flexibility index (Phi) is 4.86. The van der Waals surface area contributed by atoms with Crippen molar-refractivity contribution >= 4 is 12.2 Å². The summed E-state index contributed by atoms with van der Waals surface area (Å²) < 4.78 is 0. The van der Waals surface area contributed by atoms with Gasteiger partial charge >= 0.3 is 0 Å². The maximum atomic E-state index is 12.0. The van der Waals surface area contributed by atoms with Crippen LogP contribution < -0.4 is 10.6 Å². The van der Waals surface area contributed by atoms with E-state index >= 15 is 0 Å². The fourth-order valence-corrected chi connectivity index (χ4v) is 2.14. The van der Waals surface area contributed by atoms with E-state index in [0.717, 1.165) is 25.9 Å². The summed E-state index contributed by atoms with van der Waals surface area (Å²) in [7, 11) is 0. The smallest absolute Gasteiger partial charge is 0.252 e. The Morgan fingerprint density at radius 2 is 2.00 bits per heavy atom. The van der Waals surface area contributed by atoms with Gasteiger partial charge in [0.05, 0.1) is 0 Å². The van der Waals surface area contributed by atoms with Crippen LogP contribution in [0.25, 0.3) is 0 Å². The summed E-state index contributed by atoms with van der Waals surface area (Å²) in [5.74, 6) is -0.200. The Morgan fingerprint density at radius 1 is 1.26 bits per heavy atom. The van der Waals surface area contributed by atoms with E-state index in [-0.39, 0.29) is 5.91 Å². The first-order chi connectivity index (χ1) is 9.31. The number of benzene rings is 1. The minimum atomic E-state index is -0.200. The normalized spacial score (nSPS) is 14.8. The average molecular weight is 258 g/mol. The summed E-state index contributed by atoms with van der Waals surface area (Å²) in [6.45, 7) is 2.53. The summed E-state index contributed by atoms with van der Waals surface area (Å²) in [6.07, 6.45) is 4.87. The van der Waals surface area contributed by atoms with Gasteiger partial charge in [0, 0.05) is 17.7 Å². The monoisotopic (exact) mass is 258 g/mol. The van der Waals surface area contributed by atoms with Gasteiger partial charge in [-0.05, 0) is 32.0 Å². The van der Waals surface area contributed by atoms with Crippen molar-refractivity contribution in [2.75, 3.05) is 19.6 Å². The van der Waals surface area contributed by atoms with Crippen molar-refractivity contribution < 1.29 is 9.59 Å². The van der Waals surface area contributed by atoms with Gasteiger partial charge in [-0.1, -0.05) is 29.8 Å². The fourth-order valence-electron chi connectivity index (χ4n) is 2.14. The Morgan fingerprint density at radius 3 is 2.74 bits per heavy atom. The molecule has 2 N–H and O–H groups in total. The molecule has 0 unspecified atom stereocenters. The highest BCUT2D eigenvalue weighted by Gasteiger charge is 2.09. The molecule has 1 heterocycles. The first-order valence-electron chi connectivity index (χ1n) is 6.52. The predicted molar refractivity (Wildman–Crippen MR) is 74.3 cm³/mol. The van der Waals surface area contributed by atoms with Crippen molar-refractivity contribution in [2.24, 2.45) is 0 Å². The van der Waals surface area contributed by atoms with Gasteiger partial charge in [0.2, 0.25) is 0 Å². The van der Waals surface area contributed by atoms with E-state index in [0.29, 0.717) is 24.0 Å². The van der Waals surface area contributed by atoms with Crippen LogP contribution in [0.1, 0.15) is 33.6 Å². The molecular formula is C15H18N2O2. The van der Waals surface area contributed by atoms with E-state index < -0.39 is 0 Å². The summed E-state index contributed by atoms with van der Waals surface area (Å²) in [5.41, 5.74) is 2.23. The van der Waals surface area contributed by atoms with Crippen LogP contribution in [0.3, 0.4) is 0 Å². The van der Waals surface area contributed by atoms with E-state index in [2.05, 4.69) is 16.7 Å². The highest BCUT2D eigenvalue weighted by atomic mass is 16.1. The molecule has 0 aliphatic carbocycles. The van der Waals surface area contributed by atoms with Crippen LogP contribution in [0.15, 0.2) is 35.9 Å². The van der Waals surface area contributed by atoms with E-state index in [1.54, 1.807) is 24.3 Å². The van der Waals surface area contributed by atoms with Crippen molar-refractivity contribution in [3.8, 4) is 0 Å². The number of carbonyl (C=O) groups excluding carboxylic acids is 2. The van der Waals surface area contributed by atoms with Gasteiger partial charge in [-0.15, -0.1) is 0 Å². The van der Waals surface area contributed by atoms with E-state index in [4.69, 9.17) is 0 Å². The van der Waals surface area contributed by atoms with Crippen LogP contribution in [-0.4, -0.2) is 31.8 Å². The van der Waals surface area contributed by atoms with Crippen LogP contribution in [-0.2, 0) is 0 Å². The highest BCUT2D eigenvalue weighted by molar-refractivity contribution is 6.01. The number of carbonyl (C=O) groups is 2. The number of hydrogen-bond donors (Lipinski definition) is 2. The van der Waals surface area contributed by atoms with Gasteiger partial charge in [-0.3, -0.25) is 9.59 Å². The van der Waals surface area contributed by atoms with Gasteiger partial charge in [0.15, 0.2) is 6.29 Å². The van der Waals surface area contributed by atoms with Crippen molar-refractivity contribution in [3.05, 3.63) is 47.0 Å². The molecule has 4 heteroatoms.